The summed E-state index contributed by atoms with van der Waals surface area (Å²) in [4.78, 5) is 20.0. The van der Waals surface area contributed by atoms with Gasteiger partial charge in [-0.2, -0.15) is 26.3 Å². The van der Waals surface area contributed by atoms with Crippen molar-refractivity contribution < 1.29 is 31.1 Å². The van der Waals surface area contributed by atoms with Crippen molar-refractivity contribution in [2.45, 2.75) is 29.7 Å². The van der Waals surface area contributed by atoms with Crippen LogP contribution in [0.25, 0.3) is 11.3 Å². The summed E-state index contributed by atoms with van der Waals surface area (Å²) in [5.41, 5.74) is -2.26. The van der Waals surface area contributed by atoms with Crippen LogP contribution in [0.5, 0.6) is 0 Å². The van der Waals surface area contributed by atoms with E-state index in [1.165, 1.54) is 19.1 Å². The molecule has 1 aromatic heterocycles. The van der Waals surface area contributed by atoms with Crippen LogP contribution in [0.3, 0.4) is 0 Å². The Kier molecular flexibility index (Phi) is 6.77. The first-order chi connectivity index (χ1) is 14.9. The number of benzene rings is 2. The van der Waals surface area contributed by atoms with Gasteiger partial charge in [-0.15, -0.1) is 0 Å². The molecule has 3 rings (SSSR count). The molecule has 4 nitrogen and oxygen atoms in total. The predicted octanol–water partition coefficient (Wildman–Crippen LogP) is 6.30. The van der Waals surface area contributed by atoms with E-state index in [-0.39, 0.29) is 10.9 Å². The van der Waals surface area contributed by atoms with Gasteiger partial charge in [0.2, 0.25) is 5.91 Å². The number of hydrogen-bond donors (Lipinski definition) is 1. The van der Waals surface area contributed by atoms with Crippen LogP contribution in [0.15, 0.2) is 65.8 Å². The van der Waals surface area contributed by atoms with Crippen LogP contribution < -0.4 is 5.32 Å². The fourth-order valence-corrected chi connectivity index (χ4v) is 3.45. The number of amides is 1. The number of nitrogens with zero attached hydrogens (tertiary/aromatic N) is 2. The zero-order valence-corrected chi connectivity index (χ0v) is 17.1. The quantitative estimate of drug-likeness (QED) is 0.270. The molecule has 0 aliphatic rings. The second-order valence-corrected chi connectivity index (χ2v) is 7.89. The average Bonchev–Trinajstić information content (AvgIpc) is 2.73. The molecule has 0 aliphatic heterocycles. The molecule has 1 atom stereocenters. The number of hydrogen-bond acceptors (Lipinski definition) is 4. The minimum Gasteiger partial charge on any atom is -0.325 e. The van der Waals surface area contributed by atoms with Crippen molar-refractivity contribution in [2.75, 3.05) is 5.32 Å². The molecule has 0 fully saturated rings. The lowest BCUT2D eigenvalue weighted by molar-refractivity contribution is -0.141. The first kappa shape index (κ1) is 23.6. The molecule has 1 amide bonds. The molecule has 1 heterocycles. The minimum atomic E-state index is -4.75. The van der Waals surface area contributed by atoms with Gasteiger partial charge in [-0.1, -0.05) is 54.2 Å². The molecular weight excluding hydrogens is 456 g/mol. The Morgan fingerprint density at radius 3 is 2.16 bits per heavy atom. The van der Waals surface area contributed by atoms with E-state index in [2.05, 4.69) is 15.3 Å². The molecule has 32 heavy (non-hydrogen) atoms. The fourth-order valence-electron chi connectivity index (χ4n) is 2.67. The molecule has 11 heteroatoms. The third kappa shape index (κ3) is 5.78. The number of thioether (sulfide) groups is 1. The van der Waals surface area contributed by atoms with Gasteiger partial charge in [-0.3, -0.25) is 4.79 Å². The molecule has 1 N–H and O–H groups in total. The van der Waals surface area contributed by atoms with E-state index < -0.39 is 40.5 Å². The van der Waals surface area contributed by atoms with E-state index in [4.69, 9.17) is 0 Å². The molecule has 0 saturated heterocycles. The van der Waals surface area contributed by atoms with Crippen LogP contribution >= 0.6 is 11.8 Å². The van der Waals surface area contributed by atoms with Crippen LogP contribution in [0, 0.1) is 0 Å². The summed E-state index contributed by atoms with van der Waals surface area (Å²) >= 11 is 0.608. The van der Waals surface area contributed by atoms with Crippen LogP contribution in [-0.2, 0) is 17.1 Å². The highest BCUT2D eigenvalue weighted by Gasteiger charge is 2.35. The van der Waals surface area contributed by atoms with Crippen molar-refractivity contribution in [1.29, 1.82) is 0 Å². The molecule has 168 valence electrons. The summed E-state index contributed by atoms with van der Waals surface area (Å²) in [6, 6.07) is 13.3. The summed E-state index contributed by atoms with van der Waals surface area (Å²) in [5.74, 6) is -0.839. The van der Waals surface area contributed by atoms with E-state index in [0.717, 1.165) is 18.2 Å². The normalized spacial score (nSPS) is 13.0. The number of nitrogens with one attached hydrogen (secondary N) is 1. The summed E-state index contributed by atoms with van der Waals surface area (Å²) in [7, 11) is 0. The molecule has 0 saturated carbocycles. The number of carbonyl (C=O) groups excluding carboxylic acids is 1. The van der Waals surface area contributed by atoms with Gasteiger partial charge in [-0.25, -0.2) is 9.97 Å². The summed E-state index contributed by atoms with van der Waals surface area (Å²) in [6.07, 6.45) is -9.44. The largest absolute Gasteiger partial charge is 0.433 e. The zero-order valence-electron chi connectivity index (χ0n) is 16.3. The van der Waals surface area contributed by atoms with Crippen LogP contribution in [0.1, 0.15) is 18.2 Å². The smallest absolute Gasteiger partial charge is 0.325 e. The van der Waals surface area contributed by atoms with E-state index in [0.29, 0.717) is 17.3 Å². The minimum absolute atomic E-state index is 0.00505. The third-order valence-corrected chi connectivity index (χ3v) is 5.17. The lowest BCUT2D eigenvalue weighted by atomic mass is 10.1. The maximum absolute atomic E-state index is 13.3. The van der Waals surface area contributed by atoms with Gasteiger partial charge in [0.25, 0.3) is 0 Å². The number of carbonyl (C=O) groups is 1. The predicted molar refractivity (Wildman–Crippen MR) is 108 cm³/mol. The summed E-state index contributed by atoms with van der Waals surface area (Å²) in [6.45, 7) is 1.34. The van der Waals surface area contributed by atoms with Crippen LogP contribution in [0.2, 0.25) is 0 Å². The molecule has 0 spiro atoms. The van der Waals surface area contributed by atoms with Gasteiger partial charge in [0, 0.05) is 5.56 Å². The summed E-state index contributed by atoms with van der Waals surface area (Å²) < 4.78 is 79.3. The Labute approximate surface area is 183 Å². The number of alkyl halides is 6. The standard InChI is InChI=1S/C21H15F6N3OS/c1-12(18(31)28-15-10-6-5-9-14(15)20(22,23)24)32-19-29-16(13-7-3-2-4-8-13)11-17(30-19)21(25,26)27/h2-12H,1H3,(H,28,31)/t12-/m0/s1. The Hall–Kier alpha value is -3.08. The van der Waals surface area contributed by atoms with Gasteiger partial charge in [0.15, 0.2) is 5.16 Å². The van der Waals surface area contributed by atoms with Gasteiger partial charge < -0.3 is 5.32 Å². The summed E-state index contributed by atoms with van der Waals surface area (Å²) in [5, 5.41) is 0.762. The highest BCUT2D eigenvalue weighted by molar-refractivity contribution is 8.00. The van der Waals surface area contributed by atoms with Crippen molar-refractivity contribution in [1.82, 2.24) is 9.97 Å². The van der Waals surface area contributed by atoms with Crippen molar-refractivity contribution in [3.05, 3.63) is 71.9 Å². The molecular formula is C21H15F6N3OS. The Balaban J connectivity index is 1.86. The van der Waals surface area contributed by atoms with Gasteiger partial charge >= 0.3 is 12.4 Å². The van der Waals surface area contributed by atoms with Crippen molar-refractivity contribution in [3.63, 3.8) is 0 Å². The van der Waals surface area contributed by atoms with E-state index in [9.17, 15) is 31.1 Å². The number of para-hydroxylation sites is 1. The second kappa shape index (κ2) is 9.19. The Bertz CT molecular complexity index is 1100. The number of rotatable bonds is 5. The maximum Gasteiger partial charge on any atom is 0.433 e. The average molecular weight is 471 g/mol. The fraction of sp³-hybridized carbons (Fsp3) is 0.190. The highest BCUT2D eigenvalue weighted by atomic mass is 32.2. The molecule has 0 aliphatic carbocycles. The monoisotopic (exact) mass is 471 g/mol. The van der Waals surface area contributed by atoms with Crippen molar-refractivity contribution in [2.24, 2.45) is 0 Å². The Morgan fingerprint density at radius 1 is 0.906 bits per heavy atom. The number of halogens is 6. The molecule has 0 bridgehead atoms. The SMILES string of the molecule is C[C@H](Sc1nc(-c2ccccc2)cc(C(F)(F)F)n1)C(=O)Nc1ccccc1C(F)(F)F. The lowest BCUT2D eigenvalue weighted by Gasteiger charge is -2.16. The van der Waals surface area contributed by atoms with Crippen molar-refractivity contribution in [3.8, 4) is 11.3 Å². The van der Waals surface area contributed by atoms with Gasteiger partial charge in [-0.05, 0) is 25.1 Å². The molecule has 2 aromatic carbocycles. The van der Waals surface area contributed by atoms with E-state index in [1.807, 2.05) is 0 Å². The van der Waals surface area contributed by atoms with Gasteiger partial charge in [0.05, 0.1) is 22.2 Å². The van der Waals surface area contributed by atoms with Crippen molar-refractivity contribution >= 4 is 23.4 Å². The Morgan fingerprint density at radius 2 is 1.53 bits per heavy atom. The maximum atomic E-state index is 13.3. The third-order valence-electron chi connectivity index (χ3n) is 4.21. The van der Waals surface area contributed by atoms with Gasteiger partial charge in [0.1, 0.15) is 5.69 Å². The second-order valence-electron chi connectivity index (χ2n) is 6.58. The molecule has 0 radical (unpaired) electrons. The number of aromatic nitrogens is 2. The highest BCUT2D eigenvalue weighted by Crippen LogP contribution is 2.36. The van der Waals surface area contributed by atoms with Crippen LogP contribution in [0.4, 0.5) is 32.0 Å². The number of anilines is 1. The van der Waals surface area contributed by atoms with Crippen LogP contribution in [-0.4, -0.2) is 21.1 Å². The van der Waals surface area contributed by atoms with E-state index in [1.54, 1.807) is 30.3 Å². The zero-order chi connectivity index (χ0) is 23.5. The lowest BCUT2D eigenvalue weighted by Crippen LogP contribution is -2.24. The molecule has 0 unspecified atom stereocenters. The molecule has 3 aromatic rings. The topological polar surface area (TPSA) is 54.9 Å². The first-order valence-electron chi connectivity index (χ1n) is 9.10. The first-order valence-corrected chi connectivity index (χ1v) is 9.98. The van der Waals surface area contributed by atoms with E-state index >= 15 is 0 Å².